The Morgan fingerprint density at radius 2 is 1.61 bits per heavy atom. The molecule has 116 valence electrons. The number of hydrogen-bond acceptors (Lipinski definition) is 5. The minimum absolute atomic E-state index is 0.575. The normalized spacial score (nSPS) is 15.1. The molecule has 1 aliphatic rings. The van der Waals surface area contributed by atoms with Crippen LogP contribution in [0, 0.1) is 0 Å². The van der Waals surface area contributed by atoms with E-state index in [2.05, 4.69) is 38.0 Å². The number of aromatic nitrogens is 2. The van der Waals surface area contributed by atoms with Crippen LogP contribution in [0.1, 0.15) is 0 Å². The van der Waals surface area contributed by atoms with Gasteiger partial charge in [0.1, 0.15) is 17.5 Å². The van der Waals surface area contributed by atoms with Crippen LogP contribution in [0.2, 0.25) is 0 Å². The molecule has 1 aliphatic heterocycles. The van der Waals surface area contributed by atoms with Crippen molar-refractivity contribution in [3.8, 4) is 0 Å². The van der Waals surface area contributed by atoms with Crippen molar-refractivity contribution in [3.05, 3.63) is 54.7 Å². The summed E-state index contributed by atoms with van der Waals surface area (Å²) < 4.78 is 0. The Hall–Kier alpha value is -2.82. The van der Waals surface area contributed by atoms with Crippen molar-refractivity contribution in [2.45, 2.75) is 0 Å². The van der Waals surface area contributed by atoms with E-state index in [1.165, 1.54) is 0 Å². The highest BCUT2D eigenvalue weighted by molar-refractivity contribution is 5.94. The maximum absolute atomic E-state index is 5.99. The summed E-state index contributed by atoms with van der Waals surface area (Å²) in [5, 5.41) is 2.30. The lowest BCUT2D eigenvalue weighted by molar-refractivity contribution is 0.644. The van der Waals surface area contributed by atoms with E-state index in [9.17, 15) is 0 Å². The summed E-state index contributed by atoms with van der Waals surface area (Å²) in [6.07, 6.45) is 1.84. The van der Waals surface area contributed by atoms with Gasteiger partial charge < -0.3 is 15.5 Å². The second-order valence-electron chi connectivity index (χ2n) is 5.75. The van der Waals surface area contributed by atoms with Gasteiger partial charge in [-0.05, 0) is 23.6 Å². The molecule has 23 heavy (non-hydrogen) atoms. The van der Waals surface area contributed by atoms with E-state index in [0.29, 0.717) is 5.82 Å². The van der Waals surface area contributed by atoms with E-state index in [1.807, 2.05) is 36.5 Å². The second kappa shape index (κ2) is 5.76. The first kappa shape index (κ1) is 13.8. The van der Waals surface area contributed by atoms with Gasteiger partial charge in [0.15, 0.2) is 0 Å². The molecule has 0 radical (unpaired) electrons. The van der Waals surface area contributed by atoms with E-state index in [1.54, 1.807) is 0 Å². The predicted molar refractivity (Wildman–Crippen MR) is 94.8 cm³/mol. The molecule has 0 spiro atoms. The Bertz CT molecular complexity index is 810. The fraction of sp³-hybridized carbons (Fsp3) is 0.222. The Morgan fingerprint density at radius 1 is 0.870 bits per heavy atom. The van der Waals surface area contributed by atoms with Gasteiger partial charge in [0.05, 0.1) is 0 Å². The highest BCUT2D eigenvalue weighted by atomic mass is 15.3. The molecule has 0 saturated carbocycles. The third-order valence-electron chi connectivity index (χ3n) is 4.29. The van der Waals surface area contributed by atoms with Crippen molar-refractivity contribution in [2.75, 3.05) is 41.7 Å². The number of piperazine rings is 1. The van der Waals surface area contributed by atoms with Gasteiger partial charge in [-0.3, -0.25) is 0 Å². The standard InChI is InChI=1S/C18H19N5/c19-16-13-14-5-1-2-6-15(14)18(21-16)23-11-9-22(10-12-23)17-7-3-4-8-20-17/h1-8,13H,9-12H2,(H2,19,21). The summed E-state index contributed by atoms with van der Waals surface area (Å²) in [4.78, 5) is 13.7. The SMILES string of the molecule is Nc1cc2ccccc2c(N2CCN(c3ccccn3)CC2)n1. The molecule has 2 aromatic heterocycles. The molecule has 5 nitrogen and oxygen atoms in total. The van der Waals surface area contributed by atoms with Gasteiger partial charge in [0, 0.05) is 37.8 Å². The molecule has 1 fully saturated rings. The fourth-order valence-corrected chi connectivity index (χ4v) is 3.13. The topological polar surface area (TPSA) is 58.3 Å². The number of nitrogen functional groups attached to an aromatic ring is 1. The molecule has 1 aromatic carbocycles. The zero-order chi connectivity index (χ0) is 15.6. The molecule has 3 heterocycles. The number of nitrogens with zero attached hydrogens (tertiary/aromatic N) is 4. The van der Waals surface area contributed by atoms with Crippen molar-refractivity contribution in [1.29, 1.82) is 0 Å². The third kappa shape index (κ3) is 2.65. The largest absolute Gasteiger partial charge is 0.384 e. The van der Waals surface area contributed by atoms with Crippen LogP contribution >= 0.6 is 0 Å². The second-order valence-corrected chi connectivity index (χ2v) is 5.75. The van der Waals surface area contributed by atoms with Crippen LogP contribution in [0.5, 0.6) is 0 Å². The minimum atomic E-state index is 0.575. The maximum atomic E-state index is 5.99. The zero-order valence-corrected chi connectivity index (χ0v) is 12.9. The Morgan fingerprint density at radius 3 is 2.39 bits per heavy atom. The van der Waals surface area contributed by atoms with Crippen LogP contribution in [0.15, 0.2) is 54.7 Å². The van der Waals surface area contributed by atoms with E-state index in [0.717, 1.165) is 48.6 Å². The summed E-state index contributed by atoms with van der Waals surface area (Å²) in [5.41, 5.74) is 5.99. The Labute approximate surface area is 135 Å². The molecule has 0 amide bonds. The molecular formula is C18H19N5. The lowest BCUT2D eigenvalue weighted by atomic mass is 10.1. The number of benzene rings is 1. The molecule has 0 unspecified atom stereocenters. The first-order valence-electron chi connectivity index (χ1n) is 7.87. The first-order chi connectivity index (χ1) is 11.3. The lowest BCUT2D eigenvalue weighted by Gasteiger charge is -2.36. The van der Waals surface area contributed by atoms with Crippen LogP contribution in [0.3, 0.4) is 0 Å². The van der Waals surface area contributed by atoms with Gasteiger partial charge in [-0.2, -0.15) is 0 Å². The number of fused-ring (bicyclic) bond motifs is 1. The summed E-state index contributed by atoms with van der Waals surface area (Å²) in [7, 11) is 0. The van der Waals surface area contributed by atoms with Crippen molar-refractivity contribution in [1.82, 2.24) is 9.97 Å². The molecule has 5 heteroatoms. The average molecular weight is 305 g/mol. The highest BCUT2D eigenvalue weighted by Gasteiger charge is 2.20. The molecule has 0 atom stereocenters. The summed E-state index contributed by atoms with van der Waals surface area (Å²) in [6, 6.07) is 16.2. The summed E-state index contributed by atoms with van der Waals surface area (Å²) >= 11 is 0. The van der Waals surface area contributed by atoms with Gasteiger partial charge in [0.2, 0.25) is 0 Å². The molecule has 1 saturated heterocycles. The number of hydrogen-bond donors (Lipinski definition) is 1. The van der Waals surface area contributed by atoms with Crippen LogP contribution < -0.4 is 15.5 Å². The van der Waals surface area contributed by atoms with E-state index in [4.69, 9.17) is 5.73 Å². The van der Waals surface area contributed by atoms with Crippen LogP contribution in [0.4, 0.5) is 17.5 Å². The van der Waals surface area contributed by atoms with Gasteiger partial charge in [-0.15, -0.1) is 0 Å². The zero-order valence-electron chi connectivity index (χ0n) is 12.9. The van der Waals surface area contributed by atoms with Gasteiger partial charge in [-0.1, -0.05) is 30.3 Å². The van der Waals surface area contributed by atoms with Gasteiger partial charge >= 0.3 is 0 Å². The molecular weight excluding hydrogens is 286 g/mol. The molecule has 4 rings (SSSR count). The molecule has 2 N–H and O–H groups in total. The number of anilines is 3. The van der Waals surface area contributed by atoms with Gasteiger partial charge in [-0.25, -0.2) is 9.97 Å². The highest BCUT2D eigenvalue weighted by Crippen LogP contribution is 2.27. The lowest BCUT2D eigenvalue weighted by Crippen LogP contribution is -2.47. The average Bonchev–Trinajstić information content (AvgIpc) is 2.62. The van der Waals surface area contributed by atoms with E-state index >= 15 is 0 Å². The Kier molecular flexibility index (Phi) is 3.46. The van der Waals surface area contributed by atoms with Gasteiger partial charge in [0.25, 0.3) is 0 Å². The fourth-order valence-electron chi connectivity index (χ4n) is 3.13. The summed E-state index contributed by atoms with van der Waals surface area (Å²) in [5.74, 6) is 2.60. The monoisotopic (exact) mass is 305 g/mol. The smallest absolute Gasteiger partial charge is 0.139 e. The number of nitrogens with two attached hydrogens (primary N) is 1. The predicted octanol–water partition coefficient (Wildman–Crippen LogP) is 2.54. The van der Waals surface area contributed by atoms with Crippen LogP contribution in [-0.2, 0) is 0 Å². The van der Waals surface area contributed by atoms with Crippen molar-refractivity contribution in [3.63, 3.8) is 0 Å². The van der Waals surface area contributed by atoms with Crippen molar-refractivity contribution >= 4 is 28.2 Å². The van der Waals surface area contributed by atoms with Crippen molar-refractivity contribution in [2.24, 2.45) is 0 Å². The Balaban J connectivity index is 1.59. The number of rotatable bonds is 2. The van der Waals surface area contributed by atoms with Crippen molar-refractivity contribution < 1.29 is 0 Å². The van der Waals surface area contributed by atoms with E-state index in [-0.39, 0.29) is 0 Å². The maximum Gasteiger partial charge on any atom is 0.139 e. The molecule has 0 bridgehead atoms. The van der Waals surface area contributed by atoms with Crippen LogP contribution in [0.25, 0.3) is 10.8 Å². The summed E-state index contributed by atoms with van der Waals surface area (Å²) in [6.45, 7) is 3.69. The molecule has 0 aliphatic carbocycles. The number of pyridine rings is 2. The third-order valence-corrected chi connectivity index (χ3v) is 4.29. The first-order valence-corrected chi connectivity index (χ1v) is 7.87. The minimum Gasteiger partial charge on any atom is -0.384 e. The van der Waals surface area contributed by atoms with Crippen LogP contribution in [-0.4, -0.2) is 36.1 Å². The quantitative estimate of drug-likeness (QED) is 0.788. The van der Waals surface area contributed by atoms with E-state index < -0.39 is 0 Å². The molecule has 3 aromatic rings.